The van der Waals surface area contributed by atoms with Crippen LogP contribution >= 0.6 is 11.3 Å². The molecule has 6 heteroatoms. The second-order valence-corrected chi connectivity index (χ2v) is 6.15. The molecule has 18 heavy (non-hydrogen) atoms. The van der Waals surface area contributed by atoms with E-state index in [2.05, 4.69) is 4.98 Å². The smallest absolute Gasteiger partial charge is 0.273 e. The van der Waals surface area contributed by atoms with Gasteiger partial charge in [-0.05, 0) is 20.8 Å². The van der Waals surface area contributed by atoms with Gasteiger partial charge in [-0.2, -0.15) is 0 Å². The van der Waals surface area contributed by atoms with Crippen LogP contribution in [0.3, 0.4) is 0 Å². The van der Waals surface area contributed by atoms with Crippen molar-refractivity contribution in [1.29, 1.82) is 0 Å². The molecule has 2 heterocycles. The highest BCUT2D eigenvalue weighted by atomic mass is 32.1. The molecule has 1 aromatic rings. The van der Waals surface area contributed by atoms with E-state index in [1.807, 2.05) is 25.7 Å². The van der Waals surface area contributed by atoms with E-state index >= 15 is 0 Å². The standard InChI is InChI=1S/C12H19N3O2S/c1-8-5-15(7-12(2,3)17-8)11(16)9-6-18-10(4-13)14-9/h6,8H,4-5,7,13H2,1-3H3. The SMILES string of the molecule is CC1CN(C(=O)c2csc(CN)n2)CC(C)(C)O1. The summed E-state index contributed by atoms with van der Waals surface area (Å²) in [6.45, 7) is 7.55. The molecule has 1 saturated heterocycles. The number of carbonyl (C=O) groups is 1. The van der Waals surface area contributed by atoms with Crippen LogP contribution in [-0.4, -0.2) is 40.6 Å². The van der Waals surface area contributed by atoms with Crippen molar-refractivity contribution in [3.63, 3.8) is 0 Å². The monoisotopic (exact) mass is 269 g/mol. The summed E-state index contributed by atoms with van der Waals surface area (Å²) in [5, 5.41) is 2.57. The lowest BCUT2D eigenvalue weighted by atomic mass is 10.1. The van der Waals surface area contributed by atoms with Crippen molar-refractivity contribution < 1.29 is 9.53 Å². The number of carbonyl (C=O) groups excluding carboxylic acids is 1. The van der Waals surface area contributed by atoms with Crippen LogP contribution in [0.2, 0.25) is 0 Å². The first kappa shape index (κ1) is 13.5. The average molecular weight is 269 g/mol. The second-order valence-electron chi connectivity index (χ2n) is 5.20. The number of rotatable bonds is 2. The maximum atomic E-state index is 12.3. The number of hydrogen-bond donors (Lipinski definition) is 1. The number of thiazole rings is 1. The zero-order chi connectivity index (χ0) is 13.3. The summed E-state index contributed by atoms with van der Waals surface area (Å²) >= 11 is 1.43. The van der Waals surface area contributed by atoms with Gasteiger partial charge in [-0.25, -0.2) is 4.98 Å². The summed E-state index contributed by atoms with van der Waals surface area (Å²) in [6.07, 6.45) is 0.0466. The van der Waals surface area contributed by atoms with Crippen LogP contribution in [0.1, 0.15) is 36.3 Å². The molecule has 2 rings (SSSR count). The van der Waals surface area contributed by atoms with Crippen molar-refractivity contribution in [3.05, 3.63) is 16.1 Å². The highest BCUT2D eigenvalue weighted by molar-refractivity contribution is 7.09. The van der Waals surface area contributed by atoms with Crippen molar-refractivity contribution in [2.75, 3.05) is 13.1 Å². The van der Waals surface area contributed by atoms with Crippen molar-refractivity contribution in [2.24, 2.45) is 5.73 Å². The van der Waals surface area contributed by atoms with E-state index in [0.717, 1.165) is 5.01 Å². The fourth-order valence-electron chi connectivity index (χ4n) is 2.27. The largest absolute Gasteiger partial charge is 0.369 e. The third-order valence-electron chi connectivity index (χ3n) is 2.80. The molecule has 0 saturated carbocycles. The van der Waals surface area contributed by atoms with E-state index in [9.17, 15) is 4.79 Å². The molecule has 1 aromatic heterocycles. The molecule has 0 radical (unpaired) electrons. The van der Waals surface area contributed by atoms with Gasteiger partial charge in [0.1, 0.15) is 10.7 Å². The topological polar surface area (TPSA) is 68.5 Å². The maximum absolute atomic E-state index is 12.3. The summed E-state index contributed by atoms with van der Waals surface area (Å²) in [4.78, 5) is 18.4. The highest BCUT2D eigenvalue weighted by Crippen LogP contribution is 2.22. The van der Waals surface area contributed by atoms with Gasteiger partial charge < -0.3 is 15.4 Å². The minimum atomic E-state index is -0.306. The molecule has 1 fully saturated rings. The number of hydrogen-bond acceptors (Lipinski definition) is 5. The number of nitrogens with two attached hydrogens (primary N) is 1. The quantitative estimate of drug-likeness (QED) is 0.877. The van der Waals surface area contributed by atoms with Crippen LogP contribution < -0.4 is 5.73 Å². The predicted molar refractivity (Wildman–Crippen MR) is 70.5 cm³/mol. The Balaban J connectivity index is 2.13. The van der Waals surface area contributed by atoms with Crippen LogP contribution in [0.15, 0.2) is 5.38 Å². The molecule has 0 aliphatic carbocycles. The van der Waals surface area contributed by atoms with Gasteiger partial charge in [-0.3, -0.25) is 4.79 Å². The Hall–Kier alpha value is -0.980. The molecule has 1 aliphatic rings. The van der Waals surface area contributed by atoms with Crippen LogP contribution in [0, 0.1) is 0 Å². The molecule has 2 N–H and O–H groups in total. The molecular formula is C12H19N3O2S. The number of nitrogens with zero attached hydrogens (tertiary/aromatic N) is 2. The Bertz CT molecular complexity index is 444. The lowest BCUT2D eigenvalue weighted by Crippen LogP contribution is -2.53. The van der Waals surface area contributed by atoms with Crippen molar-refractivity contribution in [3.8, 4) is 0 Å². The third kappa shape index (κ3) is 2.88. The van der Waals surface area contributed by atoms with E-state index in [-0.39, 0.29) is 17.6 Å². The summed E-state index contributed by atoms with van der Waals surface area (Å²) < 4.78 is 5.78. The highest BCUT2D eigenvalue weighted by Gasteiger charge is 2.34. The van der Waals surface area contributed by atoms with E-state index in [1.165, 1.54) is 11.3 Å². The first-order chi connectivity index (χ1) is 8.41. The molecule has 100 valence electrons. The zero-order valence-electron chi connectivity index (χ0n) is 11.0. The van der Waals surface area contributed by atoms with Gasteiger partial charge in [0.2, 0.25) is 0 Å². The Morgan fingerprint density at radius 2 is 2.44 bits per heavy atom. The number of morpholine rings is 1. The lowest BCUT2D eigenvalue weighted by molar-refractivity contribution is -0.118. The Morgan fingerprint density at radius 3 is 3.00 bits per heavy atom. The Morgan fingerprint density at radius 1 is 1.72 bits per heavy atom. The fourth-order valence-corrected chi connectivity index (χ4v) is 2.92. The molecule has 1 aliphatic heterocycles. The summed E-state index contributed by atoms with van der Waals surface area (Å²) in [5.41, 5.74) is 5.70. The zero-order valence-corrected chi connectivity index (χ0v) is 11.8. The predicted octanol–water partition coefficient (Wildman–Crippen LogP) is 1.24. The molecule has 1 unspecified atom stereocenters. The normalized spacial score (nSPS) is 23.1. The van der Waals surface area contributed by atoms with E-state index < -0.39 is 0 Å². The van der Waals surface area contributed by atoms with Gasteiger partial charge in [-0.15, -0.1) is 11.3 Å². The number of amides is 1. The van der Waals surface area contributed by atoms with Gasteiger partial charge in [-0.1, -0.05) is 0 Å². The molecule has 5 nitrogen and oxygen atoms in total. The van der Waals surface area contributed by atoms with Crippen molar-refractivity contribution in [2.45, 2.75) is 39.0 Å². The lowest BCUT2D eigenvalue weighted by Gasteiger charge is -2.41. The number of aromatic nitrogens is 1. The second kappa shape index (κ2) is 4.95. The average Bonchev–Trinajstić information content (AvgIpc) is 2.73. The molecule has 0 spiro atoms. The summed E-state index contributed by atoms with van der Waals surface area (Å²) in [7, 11) is 0. The minimum Gasteiger partial charge on any atom is -0.369 e. The van der Waals surface area contributed by atoms with Gasteiger partial charge >= 0.3 is 0 Å². The summed E-state index contributed by atoms with van der Waals surface area (Å²) in [5.74, 6) is -0.0332. The first-order valence-corrected chi connectivity index (χ1v) is 6.91. The van der Waals surface area contributed by atoms with Crippen LogP contribution in [0.4, 0.5) is 0 Å². The van der Waals surface area contributed by atoms with Gasteiger partial charge in [0, 0.05) is 25.0 Å². The molecule has 0 bridgehead atoms. The molecule has 0 aromatic carbocycles. The van der Waals surface area contributed by atoms with Crippen LogP contribution in [0.25, 0.3) is 0 Å². The Kier molecular flexibility index (Phi) is 3.70. The van der Waals surface area contributed by atoms with Gasteiger partial charge in [0.15, 0.2) is 0 Å². The van der Waals surface area contributed by atoms with Crippen molar-refractivity contribution >= 4 is 17.2 Å². The van der Waals surface area contributed by atoms with E-state index in [0.29, 0.717) is 25.3 Å². The van der Waals surface area contributed by atoms with Gasteiger partial charge in [0.25, 0.3) is 5.91 Å². The van der Waals surface area contributed by atoms with E-state index in [4.69, 9.17) is 10.5 Å². The first-order valence-electron chi connectivity index (χ1n) is 6.03. The van der Waals surface area contributed by atoms with Crippen LogP contribution in [0.5, 0.6) is 0 Å². The fraction of sp³-hybridized carbons (Fsp3) is 0.667. The number of ether oxygens (including phenoxy) is 1. The minimum absolute atomic E-state index is 0.0332. The third-order valence-corrected chi connectivity index (χ3v) is 3.67. The summed E-state index contributed by atoms with van der Waals surface area (Å²) in [6, 6.07) is 0. The van der Waals surface area contributed by atoms with Gasteiger partial charge in [0.05, 0.1) is 11.7 Å². The Labute approximate surface area is 111 Å². The molecule has 1 atom stereocenters. The van der Waals surface area contributed by atoms with Crippen LogP contribution in [-0.2, 0) is 11.3 Å². The molecular weight excluding hydrogens is 250 g/mol. The molecule has 1 amide bonds. The van der Waals surface area contributed by atoms with E-state index in [1.54, 1.807) is 5.38 Å². The van der Waals surface area contributed by atoms with Crippen molar-refractivity contribution in [1.82, 2.24) is 9.88 Å². The maximum Gasteiger partial charge on any atom is 0.273 e.